The molecule has 72 valence electrons. The van der Waals surface area contributed by atoms with Crippen LogP contribution in [-0.4, -0.2) is 10.1 Å². The molecule has 4 nitrogen and oxygen atoms in total. The summed E-state index contributed by atoms with van der Waals surface area (Å²) in [5.74, 6) is 1.82. The third kappa shape index (κ3) is 1.46. The lowest BCUT2D eigenvalue weighted by molar-refractivity contribution is 0.356. The van der Waals surface area contributed by atoms with Crippen molar-refractivity contribution in [3.63, 3.8) is 0 Å². The van der Waals surface area contributed by atoms with E-state index in [4.69, 9.17) is 10.3 Å². The highest BCUT2D eigenvalue weighted by Crippen LogP contribution is 2.57. The number of nitrogens with zero attached hydrogens (tertiary/aromatic N) is 2. The van der Waals surface area contributed by atoms with Crippen LogP contribution in [-0.2, 0) is 0 Å². The molecule has 1 fully saturated rings. The van der Waals surface area contributed by atoms with E-state index < -0.39 is 0 Å². The van der Waals surface area contributed by atoms with E-state index in [9.17, 15) is 0 Å². The maximum absolute atomic E-state index is 5.62. The molecule has 0 aliphatic heterocycles. The van der Waals surface area contributed by atoms with Crippen LogP contribution in [0, 0.1) is 5.41 Å². The van der Waals surface area contributed by atoms with Crippen molar-refractivity contribution in [2.24, 2.45) is 11.1 Å². The highest BCUT2D eigenvalue weighted by Gasteiger charge is 2.49. The zero-order valence-corrected chi connectivity index (χ0v) is 8.24. The summed E-state index contributed by atoms with van der Waals surface area (Å²) in [4.78, 5) is 4.26. The van der Waals surface area contributed by atoms with Gasteiger partial charge in [0.2, 0.25) is 5.89 Å². The Morgan fingerprint density at radius 2 is 2.23 bits per heavy atom. The van der Waals surface area contributed by atoms with Crippen molar-refractivity contribution in [3.8, 4) is 0 Å². The molecule has 1 aliphatic rings. The van der Waals surface area contributed by atoms with E-state index in [0.717, 1.165) is 12.2 Å². The van der Waals surface area contributed by atoms with Gasteiger partial charge >= 0.3 is 0 Å². The Labute approximate surface area is 77.5 Å². The van der Waals surface area contributed by atoms with Crippen LogP contribution in [0.3, 0.4) is 0 Å². The van der Waals surface area contributed by atoms with Gasteiger partial charge in [0.1, 0.15) is 0 Å². The van der Waals surface area contributed by atoms with Gasteiger partial charge in [0.15, 0.2) is 5.82 Å². The molecule has 2 atom stereocenters. The summed E-state index contributed by atoms with van der Waals surface area (Å²) in [5, 5.41) is 3.93. The first-order chi connectivity index (χ1) is 6.00. The van der Waals surface area contributed by atoms with E-state index in [2.05, 4.69) is 24.0 Å². The normalized spacial score (nSPS) is 27.2. The van der Waals surface area contributed by atoms with Gasteiger partial charge in [-0.15, -0.1) is 0 Å². The average molecular weight is 181 g/mol. The molecule has 1 heterocycles. The zero-order chi connectivity index (χ0) is 9.64. The molecule has 1 aromatic heterocycles. The largest absolute Gasteiger partial charge is 0.338 e. The van der Waals surface area contributed by atoms with Crippen molar-refractivity contribution < 1.29 is 4.52 Å². The predicted molar refractivity (Wildman–Crippen MR) is 48.0 cm³/mol. The number of nitrogens with two attached hydrogens (primary N) is 1. The van der Waals surface area contributed by atoms with Crippen molar-refractivity contribution >= 4 is 0 Å². The fraction of sp³-hybridized carbons (Fsp3) is 0.778. The summed E-state index contributed by atoms with van der Waals surface area (Å²) < 4.78 is 5.03. The molecule has 2 rings (SSSR count). The molecule has 0 spiro atoms. The van der Waals surface area contributed by atoms with Crippen LogP contribution in [0.2, 0.25) is 0 Å². The maximum Gasteiger partial charge on any atom is 0.243 e. The Bertz CT molecular complexity index is 316. The van der Waals surface area contributed by atoms with Gasteiger partial charge in [0, 0.05) is 5.92 Å². The molecule has 2 N–H and O–H groups in total. The standard InChI is InChI=1S/C9H15N3O/c1-5(10)8-11-7(12-13-8)6-4-9(6,2)3/h5-6H,4,10H2,1-3H3/t5-,6?/m1/s1. The first kappa shape index (κ1) is 8.69. The molecule has 1 aliphatic carbocycles. The van der Waals surface area contributed by atoms with Gasteiger partial charge in [0.25, 0.3) is 0 Å². The third-order valence-electron chi connectivity index (χ3n) is 2.67. The fourth-order valence-corrected chi connectivity index (χ4v) is 1.48. The Hall–Kier alpha value is -0.900. The predicted octanol–water partition coefficient (Wildman–Crippen LogP) is 1.60. The van der Waals surface area contributed by atoms with Crippen LogP contribution in [0.25, 0.3) is 0 Å². The van der Waals surface area contributed by atoms with Crippen molar-refractivity contribution in [1.29, 1.82) is 0 Å². The highest BCUT2D eigenvalue weighted by molar-refractivity contribution is 5.14. The second-order valence-electron chi connectivity index (χ2n) is 4.52. The average Bonchev–Trinajstić information content (AvgIpc) is 2.50. The zero-order valence-electron chi connectivity index (χ0n) is 8.24. The maximum atomic E-state index is 5.62. The minimum Gasteiger partial charge on any atom is -0.338 e. The van der Waals surface area contributed by atoms with Gasteiger partial charge in [-0.05, 0) is 18.8 Å². The van der Waals surface area contributed by atoms with Crippen LogP contribution in [0.5, 0.6) is 0 Å². The van der Waals surface area contributed by atoms with E-state index in [0.29, 0.717) is 17.2 Å². The van der Waals surface area contributed by atoms with E-state index in [1.807, 2.05) is 6.92 Å². The van der Waals surface area contributed by atoms with Crippen LogP contribution in [0.15, 0.2) is 4.52 Å². The molecular weight excluding hydrogens is 166 g/mol. The van der Waals surface area contributed by atoms with E-state index in [-0.39, 0.29) is 6.04 Å². The summed E-state index contributed by atoms with van der Waals surface area (Å²) in [5.41, 5.74) is 5.97. The third-order valence-corrected chi connectivity index (χ3v) is 2.67. The molecular formula is C9H15N3O. The Kier molecular flexibility index (Phi) is 1.70. The smallest absolute Gasteiger partial charge is 0.243 e. The molecule has 0 amide bonds. The first-order valence-electron chi connectivity index (χ1n) is 4.60. The number of rotatable bonds is 2. The van der Waals surface area contributed by atoms with E-state index in [1.165, 1.54) is 0 Å². The van der Waals surface area contributed by atoms with Gasteiger partial charge < -0.3 is 10.3 Å². The minimum absolute atomic E-state index is 0.164. The van der Waals surface area contributed by atoms with Gasteiger partial charge in [-0.2, -0.15) is 4.98 Å². The second-order valence-corrected chi connectivity index (χ2v) is 4.52. The van der Waals surface area contributed by atoms with Crippen molar-refractivity contribution in [2.75, 3.05) is 0 Å². The monoisotopic (exact) mass is 181 g/mol. The SMILES string of the molecule is C[C@@H](N)c1nc(C2CC2(C)C)no1. The van der Waals surface area contributed by atoms with Gasteiger partial charge in [-0.1, -0.05) is 19.0 Å². The van der Waals surface area contributed by atoms with Crippen LogP contribution in [0.4, 0.5) is 0 Å². The lowest BCUT2D eigenvalue weighted by Gasteiger charge is -1.96. The Morgan fingerprint density at radius 3 is 2.62 bits per heavy atom. The first-order valence-corrected chi connectivity index (χ1v) is 4.60. The van der Waals surface area contributed by atoms with Gasteiger partial charge in [-0.25, -0.2) is 0 Å². The Morgan fingerprint density at radius 1 is 1.62 bits per heavy atom. The molecule has 0 aromatic carbocycles. The van der Waals surface area contributed by atoms with Crippen molar-refractivity contribution in [2.45, 2.75) is 39.2 Å². The Balaban J connectivity index is 2.16. The number of hydrogen-bond acceptors (Lipinski definition) is 4. The van der Waals surface area contributed by atoms with Crippen molar-refractivity contribution in [3.05, 3.63) is 11.7 Å². The fourth-order valence-electron chi connectivity index (χ4n) is 1.48. The van der Waals surface area contributed by atoms with Crippen LogP contribution >= 0.6 is 0 Å². The summed E-state index contributed by atoms with van der Waals surface area (Å²) in [6, 6.07) is -0.164. The summed E-state index contributed by atoms with van der Waals surface area (Å²) >= 11 is 0. The molecule has 0 saturated heterocycles. The molecule has 0 bridgehead atoms. The molecule has 1 aromatic rings. The number of hydrogen-bond donors (Lipinski definition) is 1. The molecule has 13 heavy (non-hydrogen) atoms. The molecule has 1 saturated carbocycles. The summed E-state index contributed by atoms with van der Waals surface area (Å²) in [6.45, 7) is 6.26. The molecule has 1 unspecified atom stereocenters. The van der Waals surface area contributed by atoms with E-state index >= 15 is 0 Å². The van der Waals surface area contributed by atoms with Crippen LogP contribution < -0.4 is 5.73 Å². The molecule has 4 heteroatoms. The lowest BCUT2D eigenvalue weighted by atomic mass is 10.1. The highest BCUT2D eigenvalue weighted by atomic mass is 16.5. The quantitative estimate of drug-likeness (QED) is 0.752. The summed E-state index contributed by atoms with van der Waals surface area (Å²) in [6.07, 6.45) is 1.14. The van der Waals surface area contributed by atoms with Crippen molar-refractivity contribution in [1.82, 2.24) is 10.1 Å². The molecule has 0 radical (unpaired) electrons. The summed E-state index contributed by atoms with van der Waals surface area (Å²) in [7, 11) is 0. The lowest BCUT2D eigenvalue weighted by Crippen LogP contribution is -2.05. The topological polar surface area (TPSA) is 64.9 Å². The minimum atomic E-state index is -0.164. The van der Waals surface area contributed by atoms with Gasteiger partial charge in [-0.3, -0.25) is 0 Å². The van der Waals surface area contributed by atoms with Gasteiger partial charge in [0.05, 0.1) is 6.04 Å². The second kappa shape index (κ2) is 2.54. The number of aromatic nitrogens is 2. The van der Waals surface area contributed by atoms with Crippen LogP contribution in [0.1, 0.15) is 50.9 Å². The van der Waals surface area contributed by atoms with E-state index in [1.54, 1.807) is 0 Å².